The summed E-state index contributed by atoms with van der Waals surface area (Å²) in [6.07, 6.45) is 6.29. The van der Waals surface area contributed by atoms with E-state index in [2.05, 4.69) is 6.08 Å². The average Bonchev–Trinajstić information content (AvgIpc) is 1.92. The zero-order valence-electron chi connectivity index (χ0n) is 6.03. The molecule has 0 aromatic heterocycles. The van der Waals surface area contributed by atoms with Crippen LogP contribution in [0.3, 0.4) is 0 Å². The third-order valence-electron chi connectivity index (χ3n) is 1.86. The molecule has 0 radical (unpaired) electrons. The summed E-state index contributed by atoms with van der Waals surface area (Å²) in [6.45, 7) is 0. The molecule has 0 spiro atoms. The molecule has 2 nitrogen and oxygen atoms in total. The minimum Gasteiger partial charge on any atom is -0.390 e. The van der Waals surface area contributed by atoms with E-state index in [0.29, 0.717) is 6.42 Å². The zero-order valence-corrected chi connectivity index (χ0v) is 6.03. The minimum absolute atomic E-state index is 0.509. The van der Waals surface area contributed by atoms with Crippen LogP contribution in [0.25, 0.3) is 0 Å². The SMILES string of the molecule is OC1C/C=C\CCCC1O. The van der Waals surface area contributed by atoms with E-state index in [1.807, 2.05) is 6.08 Å². The molecule has 0 amide bonds. The van der Waals surface area contributed by atoms with Crippen LogP contribution in [0.15, 0.2) is 12.2 Å². The number of hydrogen-bond acceptors (Lipinski definition) is 2. The average molecular weight is 142 g/mol. The van der Waals surface area contributed by atoms with Gasteiger partial charge in [0, 0.05) is 0 Å². The molecule has 10 heavy (non-hydrogen) atoms. The van der Waals surface area contributed by atoms with Crippen molar-refractivity contribution in [2.24, 2.45) is 0 Å². The van der Waals surface area contributed by atoms with E-state index < -0.39 is 12.2 Å². The Labute approximate surface area is 61.2 Å². The Morgan fingerprint density at radius 3 is 2.70 bits per heavy atom. The van der Waals surface area contributed by atoms with E-state index in [0.717, 1.165) is 19.3 Å². The van der Waals surface area contributed by atoms with Crippen LogP contribution in [0.1, 0.15) is 25.7 Å². The van der Waals surface area contributed by atoms with Crippen molar-refractivity contribution in [2.75, 3.05) is 0 Å². The first-order chi connectivity index (χ1) is 4.80. The van der Waals surface area contributed by atoms with Gasteiger partial charge in [-0.05, 0) is 25.7 Å². The zero-order chi connectivity index (χ0) is 7.40. The molecule has 1 rings (SSSR count). The quantitative estimate of drug-likeness (QED) is 0.492. The Morgan fingerprint density at radius 2 is 1.90 bits per heavy atom. The van der Waals surface area contributed by atoms with Crippen LogP contribution >= 0.6 is 0 Å². The van der Waals surface area contributed by atoms with Gasteiger partial charge < -0.3 is 10.2 Å². The Balaban J connectivity index is 2.41. The molecule has 0 heterocycles. The third-order valence-corrected chi connectivity index (χ3v) is 1.86. The van der Waals surface area contributed by atoms with E-state index in [9.17, 15) is 10.2 Å². The lowest BCUT2D eigenvalue weighted by Crippen LogP contribution is -2.25. The second kappa shape index (κ2) is 3.74. The monoisotopic (exact) mass is 142 g/mol. The summed E-state index contributed by atoms with van der Waals surface area (Å²) in [7, 11) is 0. The Kier molecular flexibility index (Phi) is 2.90. The summed E-state index contributed by atoms with van der Waals surface area (Å²) in [6, 6.07) is 0. The first-order valence-corrected chi connectivity index (χ1v) is 3.82. The molecule has 0 fully saturated rings. The summed E-state index contributed by atoms with van der Waals surface area (Å²) >= 11 is 0. The van der Waals surface area contributed by atoms with Crippen molar-refractivity contribution in [2.45, 2.75) is 37.9 Å². The van der Waals surface area contributed by atoms with Gasteiger partial charge in [0.25, 0.3) is 0 Å². The lowest BCUT2D eigenvalue weighted by Gasteiger charge is -2.17. The van der Waals surface area contributed by atoms with Crippen LogP contribution in [0.5, 0.6) is 0 Å². The van der Waals surface area contributed by atoms with Gasteiger partial charge in [0.15, 0.2) is 0 Å². The highest BCUT2D eigenvalue weighted by atomic mass is 16.3. The topological polar surface area (TPSA) is 40.5 Å². The molecule has 0 bridgehead atoms. The van der Waals surface area contributed by atoms with Gasteiger partial charge in [0.05, 0.1) is 12.2 Å². The van der Waals surface area contributed by atoms with Crippen molar-refractivity contribution in [3.05, 3.63) is 12.2 Å². The normalized spacial score (nSPS) is 38.2. The highest BCUT2D eigenvalue weighted by Gasteiger charge is 2.14. The second-order valence-electron chi connectivity index (χ2n) is 2.77. The first kappa shape index (κ1) is 7.76. The van der Waals surface area contributed by atoms with E-state index in [-0.39, 0.29) is 0 Å². The molecule has 0 aliphatic heterocycles. The van der Waals surface area contributed by atoms with Crippen LogP contribution in [-0.4, -0.2) is 22.4 Å². The number of rotatable bonds is 0. The van der Waals surface area contributed by atoms with Crippen molar-refractivity contribution in [1.82, 2.24) is 0 Å². The molecule has 0 saturated heterocycles. The molecular formula is C8H14O2. The third kappa shape index (κ3) is 2.12. The summed E-state index contributed by atoms with van der Waals surface area (Å²) in [4.78, 5) is 0. The Morgan fingerprint density at radius 1 is 1.10 bits per heavy atom. The van der Waals surface area contributed by atoms with E-state index in [1.54, 1.807) is 0 Å². The first-order valence-electron chi connectivity index (χ1n) is 3.82. The summed E-state index contributed by atoms with van der Waals surface area (Å²) in [5.41, 5.74) is 0. The van der Waals surface area contributed by atoms with Crippen molar-refractivity contribution < 1.29 is 10.2 Å². The fourth-order valence-corrected chi connectivity index (χ4v) is 1.15. The molecule has 58 valence electrons. The van der Waals surface area contributed by atoms with Gasteiger partial charge in [-0.1, -0.05) is 12.2 Å². The van der Waals surface area contributed by atoms with Crippen molar-refractivity contribution in [3.8, 4) is 0 Å². The fourth-order valence-electron chi connectivity index (χ4n) is 1.15. The van der Waals surface area contributed by atoms with E-state index in [4.69, 9.17) is 0 Å². The molecule has 2 N–H and O–H groups in total. The number of allylic oxidation sites excluding steroid dienone is 1. The lowest BCUT2D eigenvalue weighted by molar-refractivity contribution is 0.0147. The lowest BCUT2D eigenvalue weighted by atomic mass is 10.0. The predicted molar refractivity (Wildman–Crippen MR) is 39.6 cm³/mol. The highest BCUT2D eigenvalue weighted by Crippen LogP contribution is 2.12. The Bertz CT molecular complexity index is 120. The van der Waals surface area contributed by atoms with Gasteiger partial charge in [-0.2, -0.15) is 0 Å². The van der Waals surface area contributed by atoms with Crippen molar-refractivity contribution >= 4 is 0 Å². The number of aliphatic hydroxyl groups is 2. The van der Waals surface area contributed by atoms with Crippen LogP contribution < -0.4 is 0 Å². The molecule has 0 aromatic carbocycles. The molecule has 2 atom stereocenters. The maximum Gasteiger partial charge on any atom is 0.0833 e. The van der Waals surface area contributed by atoms with Crippen LogP contribution in [0, 0.1) is 0 Å². The van der Waals surface area contributed by atoms with Gasteiger partial charge in [0.2, 0.25) is 0 Å². The molecule has 2 heteroatoms. The number of aliphatic hydroxyl groups excluding tert-OH is 2. The highest BCUT2D eigenvalue weighted by molar-refractivity contribution is 4.88. The van der Waals surface area contributed by atoms with E-state index >= 15 is 0 Å². The second-order valence-corrected chi connectivity index (χ2v) is 2.77. The van der Waals surface area contributed by atoms with Crippen LogP contribution in [0.2, 0.25) is 0 Å². The molecule has 2 unspecified atom stereocenters. The summed E-state index contributed by atoms with van der Waals surface area (Å²) in [5, 5.41) is 18.4. The summed E-state index contributed by atoms with van der Waals surface area (Å²) < 4.78 is 0. The van der Waals surface area contributed by atoms with Crippen LogP contribution in [-0.2, 0) is 0 Å². The molecule has 0 saturated carbocycles. The Hall–Kier alpha value is -0.340. The van der Waals surface area contributed by atoms with Crippen LogP contribution in [0.4, 0.5) is 0 Å². The minimum atomic E-state index is -0.545. The van der Waals surface area contributed by atoms with E-state index in [1.165, 1.54) is 0 Å². The van der Waals surface area contributed by atoms with Gasteiger partial charge in [-0.25, -0.2) is 0 Å². The predicted octanol–water partition coefficient (Wildman–Crippen LogP) is 0.838. The smallest absolute Gasteiger partial charge is 0.0833 e. The molecule has 1 aliphatic rings. The number of hydrogen-bond donors (Lipinski definition) is 2. The van der Waals surface area contributed by atoms with Gasteiger partial charge in [-0.3, -0.25) is 0 Å². The molecule has 0 aromatic rings. The van der Waals surface area contributed by atoms with Crippen molar-refractivity contribution in [1.29, 1.82) is 0 Å². The maximum atomic E-state index is 9.20. The van der Waals surface area contributed by atoms with Gasteiger partial charge in [0.1, 0.15) is 0 Å². The van der Waals surface area contributed by atoms with Gasteiger partial charge in [-0.15, -0.1) is 0 Å². The van der Waals surface area contributed by atoms with Gasteiger partial charge >= 0.3 is 0 Å². The largest absolute Gasteiger partial charge is 0.390 e. The van der Waals surface area contributed by atoms with Crippen molar-refractivity contribution in [3.63, 3.8) is 0 Å². The summed E-state index contributed by atoms with van der Waals surface area (Å²) in [5.74, 6) is 0. The molecule has 1 aliphatic carbocycles. The fraction of sp³-hybridized carbons (Fsp3) is 0.750. The maximum absolute atomic E-state index is 9.20. The molecular weight excluding hydrogens is 128 g/mol. The standard InChI is InChI=1S/C8H14O2/c9-7-5-3-1-2-4-6-8(7)10/h1,3,7-10H,2,4-6H2/b3-1-.